The smallest absolute Gasteiger partial charge is 0.261 e. The molecule has 0 radical (unpaired) electrons. The molecule has 3 aromatic heterocycles. The first kappa shape index (κ1) is 16.3. The van der Waals surface area contributed by atoms with E-state index in [0.717, 1.165) is 24.5 Å². The van der Waals surface area contributed by atoms with Gasteiger partial charge in [0.05, 0.1) is 22.1 Å². The predicted octanol–water partition coefficient (Wildman–Crippen LogP) is 2.45. The first-order chi connectivity index (χ1) is 12.1. The first-order valence-electron chi connectivity index (χ1n) is 8.00. The Morgan fingerprint density at radius 2 is 2.24 bits per heavy atom. The largest absolute Gasteiger partial charge is 0.349 e. The molecular weight excluding hydrogens is 360 g/mol. The molecule has 1 amide bonds. The van der Waals surface area contributed by atoms with Crippen LogP contribution in [0.4, 0.5) is 0 Å². The Bertz CT molecular complexity index is 880. The zero-order valence-corrected chi connectivity index (χ0v) is 15.2. The maximum atomic E-state index is 12.2. The second-order valence-electron chi connectivity index (χ2n) is 6.21. The molecule has 1 aliphatic rings. The maximum absolute atomic E-state index is 12.2. The fraction of sp³-hybridized carbons (Fsp3) is 0.375. The number of hydrogen-bond donors (Lipinski definition) is 1. The number of imidazole rings is 1. The lowest BCUT2D eigenvalue weighted by atomic mass is 9.79. The number of rotatable bonds is 5. The molecule has 0 unspecified atom stereocenters. The van der Waals surface area contributed by atoms with Crippen molar-refractivity contribution in [3.05, 3.63) is 51.7 Å². The van der Waals surface area contributed by atoms with E-state index >= 15 is 0 Å². The standard InChI is InChI=1S/C16H17ClN6OS/c1-22-14(8-23-5-4-18-9-23)20-21-15(22)10-6-11(7-10)19-16(24)12-2-3-13(17)25-12/h2-5,9-11H,6-8H2,1H3,(H,19,24). The molecule has 1 aliphatic carbocycles. The van der Waals surface area contributed by atoms with E-state index < -0.39 is 0 Å². The van der Waals surface area contributed by atoms with Crippen LogP contribution in [0, 0.1) is 0 Å². The normalized spacial score (nSPS) is 19.6. The van der Waals surface area contributed by atoms with Gasteiger partial charge in [0, 0.05) is 31.4 Å². The summed E-state index contributed by atoms with van der Waals surface area (Å²) in [6.07, 6.45) is 7.17. The average molecular weight is 377 g/mol. The highest BCUT2D eigenvalue weighted by Gasteiger charge is 2.35. The Hall–Kier alpha value is -2.19. The van der Waals surface area contributed by atoms with Crippen LogP contribution in [0.25, 0.3) is 0 Å². The molecule has 9 heteroatoms. The summed E-state index contributed by atoms with van der Waals surface area (Å²) in [7, 11) is 1.99. The van der Waals surface area contributed by atoms with Crippen LogP contribution in [-0.4, -0.2) is 36.3 Å². The molecule has 130 valence electrons. The summed E-state index contributed by atoms with van der Waals surface area (Å²) < 4.78 is 4.63. The van der Waals surface area contributed by atoms with Gasteiger partial charge in [-0.2, -0.15) is 0 Å². The lowest BCUT2D eigenvalue weighted by Gasteiger charge is -2.34. The van der Waals surface area contributed by atoms with Crippen LogP contribution in [-0.2, 0) is 13.6 Å². The minimum atomic E-state index is -0.0564. The zero-order valence-electron chi connectivity index (χ0n) is 13.6. The van der Waals surface area contributed by atoms with Gasteiger partial charge < -0.3 is 14.5 Å². The van der Waals surface area contributed by atoms with E-state index in [2.05, 4.69) is 20.5 Å². The van der Waals surface area contributed by atoms with Crippen LogP contribution >= 0.6 is 22.9 Å². The van der Waals surface area contributed by atoms with Crippen molar-refractivity contribution in [1.82, 2.24) is 29.6 Å². The van der Waals surface area contributed by atoms with Crippen molar-refractivity contribution in [2.75, 3.05) is 0 Å². The third kappa shape index (κ3) is 3.32. The maximum Gasteiger partial charge on any atom is 0.261 e. The predicted molar refractivity (Wildman–Crippen MR) is 94.9 cm³/mol. The van der Waals surface area contributed by atoms with E-state index in [1.807, 2.05) is 22.4 Å². The molecule has 3 heterocycles. The van der Waals surface area contributed by atoms with E-state index in [-0.39, 0.29) is 11.9 Å². The molecule has 3 aromatic rings. The second-order valence-corrected chi connectivity index (χ2v) is 7.93. The summed E-state index contributed by atoms with van der Waals surface area (Å²) in [6.45, 7) is 0.648. The number of hydrogen-bond acceptors (Lipinski definition) is 5. The van der Waals surface area contributed by atoms with Gasteiger partial charge in [-0.1, -0.05) is 11.6 Å². The van der Waals surface area contributed by atoms with Crippen molar-refractivity contribution in [3.63, 3.8) is 0 Å². The minimum Gasteiger partial charge on any atom is -0.349 e. The molecule has 0 aromatic carbocycles. The number of thiophene rings is 1. The quantitative estimate of drug-likeness (QED) is 0.742. The number of nitrogens with one attached hydrogen (secondary N) is 1. The molecule has 0 saturated heterocycles. The lowest BCUT2D eigenvalue weighted by molar-refractivity contribution is 0.0911. The number of halogens is 1. The molecular formula is C16H17ClN6OS. The van der Waals surface area contributed by atoms with Crippen molar-refractivity contribution in [1.29, 1.82) is 0 Å². The van der Waals surface area contributed by atoms with Gasteiger partial charge in [-0.3, -0.25) is 4.79 Å². The third-order valence-electron chi connectivity index (χ3n) is 4.52. The van der Waals surface area contributed by atoms with Gasteiger partial charge in [-0.15, -0.1) is 21.5 Å². The average Bonchev–Trinajstić information content (AvgIpc) is 3.27. The van der Waals surface area contributed by atoms with Crippen molar-refractivity contribution in [2.24, 2.45) is 7.05 Å². The second kappa shape index (κ2) is 6.61. The van der Waals surface area contributed by atoms with Crippen molar-refractivity contribution >= 4 is 28.8 Å². The number of carbonyl (C=O) groups excluding carboxylic acids is 1. The van der Waals surface area contributed by atoms with E-state index in [1.165, 1.54) is 11.3 Å². The molecule has 0 atom stereocenters. The molecule has 0 spiro atoms. The van der Waals surface area contributed by atoms with Gasteiger partial charge in [-0.25, -0.2) is 4.98 Å². The Morgan fingerprint density at radius 3 is 2.92 bits per heavy atom. The minimum absolute atomic E-state index is 0.0564. The Balaban J connectivity index is 1.34. The van der Waals surface area contributed by atoms with Gasteiger partial charge in [-0.05, 0) is 25.0 Å². The SMILES string of the molecule is Cn1c(Cn2ccnc2)nnc1C1CC(NC(=O)c2ccc(Cl)s2)C1. The highest BCUT2D eigenvalue weighted by Crippen LogP contribution is 2.36. The van der Waals surface area contributed by atoms with E-state index in [9.17, 15) is 4.79 Å². The van der Waals surface area contributed by atoms with Crippen molar-refractivity contribution in [3.8, 4) is 0 Å². The summed E-state index contributed by atoms with van der Waals surface area (Å²) in [4.78, 5) is 16.8. The molecule has 7 nitrogen and oxygen atoms in total. The molecule has 25 heavy (non-hydrogen) atoms. The number of carbonyl (C=O) groups is 1. The van der Waals surface area contributed by atoms with Crippen molar-refractivity contribution in [2.45, 2.75) is 31.3 Å². The van der Waals surface area contributed by atoms with E-state index in [4.69, 9.17) is 11.6 Å². The summed E-state index contributed by atoms with van der Waals surface area (Å²) in [6, 6.07) is 3.67. The van der Waals surface area contributed by atoms with Crippen LogP contribution < -0.4 is 5.32 Å². The summed E-state index contributed by atoms with van der Waals surface area (Å²) in [5.74, 6) is 2.14. The summed E-state index contributed by atoms with van der Waals surface area (Å²) in [5, 5.41) is 11.7. The Labute approximate surface area is 153 Å². The van der Waals surface area contributed by atoms with Crippen LogP contribution in [0.3, 0.4) is 0 Å². The Kier molecular flexibility index (Phi) is 4.30. The molecule has 4 rings (SSSR count). The number of aromatic nitrogens is 5. The number of nitrogens with zero attached hydrogens (tertiary/aromatic N) is 5. The third-order valence-corrected chi connectivity index (χ3v) is 5.75. The van der Waals surface area contributed by atoms with E-state index in [0.29, 0.717) is 21.7 Å². The summed E-state index contributed by atoms with van der Waals surface area (Å²) in [5.41, 5.74) is 0. The molecule has 0 aliphatic heterocycles. The van der Waals surface area contributed by atoms with Gasteiger partial charge >= 0.3 is 0 Å². The van der Waals surface area contributed by atoms with Crippen LogP contribution in [0.1, 0.15) is 40.1 Å². The molecule has 0 bridgehead atoms. The fourth-order valence-electron chi connectivity index (χ4n) is 3.05. The van der Waals surface area contributed by atoms with Crippen molar-refractivity contribution < 1.29 is 4.79 Å². The van der Waals surface area contributed by atoms with Gasteiger partial charge in [0.2, 0.25) is 0 Å². The van der Waals surface area contributed by atoms with Gasteiger partial charge in [0.1, 0.15) is 5.82 Å². The van der Waals surface area contributed by atoms with Crippen LogP contribution in [0.5, 0.6) is 0 Å². The fourth-order valence-corrected chi connectivity index (χ4v) is 4.00. The number of amides is 1. The zero-order chi connectivity index (χ0) is 17.4. The molecule has 1 fully saturated rings. The summed E-state index contributed by atoms with van der Waals surface area (Å²) >= 11 is 7.17. The topological polar surface area (TPSA) is 77.6 Å². The molecule has 1 N–H and O–H groups in total. The first-order valence-corrected chi connectivity index (χ1v) is 9.19. The Morgan fingerprint density at radius 1 is 1.40 bits per heavy atom. The molecule has 1 saturated carbocycles. The van der Waals surface area contributed by atoms with Gasteiger partial charge in [0.25, 0.3) is 5.91 Å². The van der Waals surface area contributed by atoms with E-state index in [1.54, 1.807) is 24.7 Å². The lowest BCUT2D eigenvalue weighted by Crippen LogP contribution is -2.43. The highest BCUT2D eigenvalue weighted by atomic mass is 35.5. The van der Waals surface area contributed by atoms with Crippen LogP contribution in [0.2, 0.25) is 4.34 Å². The van der Waals surface area contributed by atoms with Crippen LogP contribution in [0.15, 0.2) is 30.9 Å². The van der Waals surface area contributed by atoms with Gasteiger partial charge in [0.15, 0.2) is 5.82 Å². The monoisotopic (exact) mass is 376 g/mol. The highest BCUT2D eigenvalue weighted by molar-refractivity contribution is 7.18.